The molecule has 1 aromatic carbocycles. The van der Waals surface area contributed by atoms with Crippen LogP contribution < -0.4 is 5.32 Å². The van der Waals surface area contributed by atoms with E-state index in [9.17, 15) is 4.79 Å². The van der Waals surface area contributed by atoms with Crippen molar-refractivity contribution < 1.29 is 4.79 Å². The van der Waals surface area contributed by atoms with Crippen LogP contribution in [0, 0.1) is 13.8 Å². The lowest BCUT2D eigenvalue weighted by atomic mass is 9.94. The van der Waals surface area contributed by atoms with Crippen LogP contribution in [-0.4, -0.2) is 15.5 Å². The third kappa shape index (κ3) is 3.89. The Bertz CT molecular complexity index is 659. The summed E-state index contributed by atoms with van der Waals surface area (Å²) in [5.41, 5.74) is 2.70. The SMILES string of the molecule is Cc1ncn(CCC(=O)NC(C)(C)c2ccc(Cl)cc2)c1C. The van der Waals surface area contributed by atoms with Crippen molar-refractivity contribution in [3.8, 4) is 0 Å². The zero-order chi connectivity index (χ0) is 16.3. The van der Waals surface area contributed by atoms with Crippen molar-refractivity contribution in [2.75, 3.05) is 0 Å². The number of benzene rings is 1. The summed E-state index contributed by atoms with van der Waals surface area (Å²) in [4.78, 5) is 16.5. The van der Waals surface area contributed by atoms with Gasteiger partial charge in [0.25, 0.3) is 0 Å². The number of amides is 1. The average molecular weight is 320 g/mol. The molecule has 1 amide bonds. The smallest absolute Gasteiger partial charge is 0.222 e. The van der Waals surface area contributed by atoms with Gasteiger partial charge in [-0.2, -0.15) is 0 Å². The van der Waals surface area contributed by atoms with Gasteiger partial charge in [0.2, 0.25) is 5.91 Å². The third-order valence-electron chi connectivity index (χ3n) is 3.94. The number of aryl methyl sites for hydroxylation is 2. The quantitative estimate of drug-likeness (QED) is 0.915. The molecule has 2 rings (SSSR count). The summed E-state index contributed by atoms with van der Waals surface area (Å²) >= 11 is 5.91. The summed E-state index contributed by atoms with van der Waals surface area (Å²) < 4.78 is 2.00. The number of hydrogen-bond acceptors (Lipinski definition) is 2. The molecular weight excluding hydrogens is 298 g/mol. The van der Waals surface area contributed by atoms with Gasteiger partial charge in [-0.1, -0.05) is 23.7 Å². The predicted molar refractivity (Wildman–Crippen MR) is 88.9 cm³/mol. The Morgan fingerprint density at radius 2 is 1.91 bits per heavy atom. The monoisotopic (exact) mass is 319 g/mol. The van der Waals surface area contributed by atoms with Gasteiger partial charge in [0.05, 0.1) is 17.6 Å². The predicted octanol–water partition coefficient (Wildman–Crippen LogP) is 3.59. The van der Waals surface area contributed by atoms with Gasteiger partial charge in [-0.25, -0.2) is 4.98 Å². The maximum atomic E-state index is 12.2. The first-order valence-electron chi connectivity index (χ1n) is 7.35. The number of nitrogens with one attached hydrogen (secondary N) is 1. The van der Waals surface area contributed by atoms with Crippen molar-refractivity contribution in [3.63, 3.8) is 0 Å². The van der Waals surface area contributed by atoms with Crippen LogP contribution in [0.25, 0.3) is 0 Å². The molecule has 2 aromatic rings. The largest absolute Gasteiger partial charge is 0.347 e. The Labute approximate surface area is 136 Å². The molecular formula is C17H22ClN3O. The van der Waals surface area contributed by atoms with E-state index < -0.39 is 5.54 Å². The number of nitrogens with zero attached hydrogens (tertiary/aromatic N) is 2. The summed E-state index contributed by atoms with van der Waals surface area (Å²) in [7, 11) is 0. The summed E-state index contributed by atoms with van der Waals surface area (Å²) in [6.45, 7) is 8.59. The molecule has 0 atom stereocenters. The lowest BCUT2D eigenvalue weighted by Crippen LogP contribution is -2.41. The number of halogens is 1. The Morgan fingerprint density at radius 3 is 2.45 bits per heavy atom. The van der Waals surface area contributed by atoms with E-state index in [1.54, 1.807) is 6.33 Å². The lowest BCUT2D eigenvalue weighted by molar-refractivity contribution is -0.123. The molecule has 22 heavy (non-hydrogen) atoms. The normalized spacial score (nSPS) is 11.5. The van der Waals surface area contributed by atoms with E-state index in [2.05, 4.69) is 10.3 Å². The van der Waals surface area contributed by atoms with Crippen LogP contribution in [0.5, 0.6) is 0 Å². The molecule has 5 heteroatoms. The molecule has 0 bridgehead atoms. The number of carbonyl (C=O) groups is 1. The van der Waals surface area contributed by atoms with Crippen molar-refractivity contribution in [1.82, 2.24) is 14.9 Å². The molecule has 0 aliphatic carbocycles. The fourth-order valence-electron chi connectivity index (χ4n) is 2.34. The highest BCUT2D eigenvalue weighted by atomic mass is 35.5. The summed E-state index contributed by atoms with van der Waals surface area (Å²) in [5.74, 6) is 0.0192. The van der Waals surface area contributed by atoms with Crippen LogP contribution >= 0.6 is 11.6 Å². The minimum atomic E-state index is -0.429. The molecule has 0 aliphatic heterocycles. The van der Waals surface area contributed by atoms with Gasteiger partial charge in [0.15, 0.2) is 0 Å². The van der Waals surface area contributed by atoms with Gasteiger partial charge < -0.3 is 9.88 Å². The first-order chi connectivity index (χ1) is 10.3. The van der Waals surface area contributed by atoms with E-state index in [-0.39, 0.29) is 5.91 Å². The molecule has 0 unspecified atom stereocenters. The molecule has 0 fully saturated rings. The summed E-state index contributed by atoms with van der Waals surface area (Å²) in [6, 6.07) is 7.54. The fraction of sp³-hybridized carbons (Fsp3) is 0.412. The first-order valence-corrected chi connectivity index (χ1v) is 7.73. The van der Waals surface area contributed by atoms with E-state index in [1.807, 2.05) is 56.5 Å². The first kappa shape index (κ1) is 16.6. The second-order valence-corrected chi connectivity index (χ2v) is 6.48. The topological polar surface area (TPSA) is 46.9 Å². The van der Waals surface area contributed by atoms with Gasteiger partial charge in [0, 0.05) is 23.7 Å². The zero-order valence-corrected chi connectivity index (χ0v) is 14.2. The molecule has 4 nitrogen and oxygen atoms in total. The Kier molecular flexibility index (Phi) is 4.91. The maximum Gasteiger partial charge on any atom is 0.222 e. The maximum absolute atomic E-state index is 12.2. The Balaban J connectivity index is 1.96. The van der Waals surface area contributed by atoms with Crippen molar-refractivity contribution in [3.05, 3.63) is 52.6 Å². The van der Waals surface area contributed by atoms with Crippen molar-refractivity contribution in [1.29, 1.82) is 0 Å². The molecule has 0 spiro atoms. The highest BCUT2D eigenvalue weighted by molar-refractivity contribution is 6.30. The fourth-order valence-corrected chi connectivity index (χ4v) is 2.47. The highest BCUT2D eigenvalue weighted by Crippen LogP contribution is 2.22. The van der Waals surface area contributed by atoms with Crippen LogP contribution in [0.4, 0.5) is 0 Å². The molecule has 118 valence electrons. The van der Waals surface area contributed by atoms with E-state index >= 15 is 0 Å². The average Bonchev–Trinajstić information content (AvgIpc) is 2.76. The van der Waals surface area contributed by atoms with Gasteiger partial charge >= 0.3 is 0 Å². The van der Waals surface area contributed by atoms with E-state index in [0.29, 0.717) is 18.0 Å². The number of rotatable bonds is 5. The van der Waals surface area contributed by atoms with Gasteiger partial charge in [-0.15, -0.1) is 0 Å². The highest BCUT2D eigenvalue weighted by Gasteiger charge is 2.22. The van der Waals surface area contributed by atoms with Crippen LogP contribution in [-0.2, 0) is 16.9 Å². The third-order valence-corrected chi connectivity index (χ3v) is 4.19. The molecule has 1 heterocycles. The lowest BCUT2D eigenvalue weighted by Gasteiger charge is -2.27. The number of aromatic nitrogens is 2. The van der Waals surface area contributed by atoms with Crippen LogP contribution in [0.3, 0.4) is 0 Å². The minimum absolute atomic E-state index is 0.0192. The van der Waals surface area contributed by atoms with Crippen LogP contribution in [0.2, 0.25) is 5.02 Å². The molecule has 0 saturated heterocycles. The Hall–Kier alpha value is -1.81. The number of imidazole rings is 1. The molecule has 1 N–H and O–H groups in total. The molecule has 1 aromatic heterocycles. The summed E-state index contributed by atoms with van der Waals surface area (Å²) in [6.07, 6.45) is 2.20. The second-order valence-electron chi connectivity index (χ2n) is 6.04. The standard InChI is InChI=1S/C17H22ClN3O/c1-12-13(2)21(11-19-12)10-9-16(22)20-17(3,4)14-5-7-15(18)8-6-14/h5-8,11H,9-10H2,1-4H3,(H,20,22). The van der Waals surface area contributed by atoms with Crippen molar-refractivity contribution in [2.24, 2.45) is 0 Å². The van der Waals surface area contributed by atoms with Gasteiger partial charge in [0.1, 0.15) is 0 Å². The zero-order valence-electron chi connectivity index (χ0n) is 13.5. The van der Waals surface area contributed by atoms with Crippen LogP contribution in [0.1, 0.15) is 37.2 Å². The van der Waals surface area contributed by atoms with E-state index in [1.165, 1.54) is 0 Å². The van der Waals surface area contributed by atoms with E-state index in [0.717, 1.165) is 17.0 Å². The second kappa shape index (κ2) is 6.53. The Morgan fingerprint density at radius 1 is 1.27 bits per heavy atom. The minimum Gasteiger partial charge on any atom is -0.347 e. The van der Waals surface area contributed by atoms with Crippen LogP contribution in [0.15, 0.2) is 30.6 Å². The van der Waals surface area contributed by atoms with Crippen molar-refractivity contribution in [2.45, 2.75) is 46.2 Å². The molecule has 0 radical (unpaired) electrons. The number of carbonyl (C=O) groups excluding carboxylic acids is 1. The summed E-state index contributed by atoms with van der Waals surface area (Å²) in [5, 5.41) is 3.76. The van der Waals surface area contributed by atoms with Gasteiger partial charge in [-0.3, -0.25) is 4.79 Å². The number of hydrogen-bond donors (Lipinski definition) is 1. The molecule has 0 aliphatic rings. The van der Waals surface area contributed by atoms with Crippen molar-refractivity contribution >= 4 is 17.5 Å². The van der Waals surface area contributed by atoms with Gasteiger partial charge in [-0.05, 0) is 45.4 Å². The van der Waals surface area contributed by atoms with E-state index in [4.69, 9.17) is 11.6 Å². The molecule has 0 saturated carbocycles.